The molecule has 0 fully saturated rings. The monoisotopic (exact) mass is 214 g/mol. The van der Waals surface area contributed by atoms with E-state index in [1.165, 1.54) is 0 Å². The fourth-order valence-corrected chi connectivity index (χ4v) is 2.14. The van der Waals surface area contributed by atoms with Crippen molar-refractivity contribution in [2.75, 3.05) is 7.11 Å². The first-order chi connectivity index (χ1) is 7.20. The molecule has 0 aliphatic carbocycles. The molecule has 3 nitrogen and oxygen atoms in total. The van der Waals surface area contributed by atoms with Crippen molar-refractivity contribution < 1.29 is 4.74 Å². The highest BCUT2D eigenvalue weighted by Gasteiger charge is 2.34. The number of allylic oxidation sites excluding steroid dienone is 1. The Morgan fingerprint density at radius 3 is 2.40 bits per heavy atom. The second-order valence-corrected chi connectivity index (χ2v) is 3.91. The summed E-state index contributed by atoms with van der Waals surface area (Å²) in [4.78, 5) is 0. The summed E-state index contributed by atoms with van der Waals surface area (Å²) in [6.07, 6.45) is 7.05. The number of hydrogen-bond acceptors (Lipinski definition) is 3. The Kier molecular flexibility index (Phi) is 7.65. The van der Waals surface area contributed by atoms with Gasteiger partial charge in [0.15, 0.2) is 0 Å². The number of hydrazine groups is 1. The maximum atomic E-state index is 5.65. The van der Waals surface area contributed by atoms with Gasteiger partial charge < -0.3 is 4.74 Å². The lowest BCUT2D eigenvalue weighted by molar-refractivity contribution is -0.0498. The lowest BCUT2D eigenvalue weighted by Gasteiger charge is -2.38. The predicted molar refractivity (Wildman–Crippen MR) is 65.5 cm³/mol. The lowest BCUT2D eigenvalue weighted by atomic mass is 9.85. The Labute approximate surface area is 94.0 Å². The molecule has 0 aromatic rings. The second-order valence-electron chi connectivity index (χ2n) is 3.91. The molecule has 3 N–H and O–H groups in total. The summed E-state index contributed by atoms with van der Waals surface area (Å²) in [5.74, 6) is 5.61. The van der Waals surface area contributed by atoms with Crippen LogP contribution >= 0.6 is 0 Å². The van der Waals surface area contributed by atoms with Crippen LogP contribution in [0.4, 0.5) is 0 Å². The number of rotatable bonds is 9. The van der Waals surface area contributed by atoms with Crippen LogP contribution in [0.1, 0.15) is 46.0 Å². The van der Waals surface area contributed by atoms with Crippen molar-refractivity contribution in [3.63, 3.8) is 0 Å². The molecule has 0 amide bonds. The van der Waals surface area contributed by atoms with Crippen LogP contribution in [0.15, 0.2) is 12.7 Å². The van der Waals surface area contributed by atoms with E-state index in [-0.39, 0.29) is 11.6 Å². The average molecular weight is 214 g/mol. The minimum absolute atomic E-state index is 0.129. The summed E-state index contributed by atoms with van der Waals surface area (Å²) in [6, 6.07) is 0.220. The van der Waals surface area contributed by atoms with Gasteiger partial charge in [-0.15, -0.1) is 6.58 Å². The number of methoxy groups -OCH3 is 1. The molecule has 0 spiro atoms. The Bertz CT molecular complexity index is 159. The zero-order chi connectivity index (χ0) is 11.7. The molecule has 1 unspecified atom stereocenters. The molecular formula is C12H26N2O. The van der Waals surface area contributed by atoms with Crippen molar-refractivity contribution in [3.8, 4) is 0 Å². The minimum Gasteiger partial charge on any atom is -0.377 e. The zero-order valence-corrected chi connectivity index (χ0v) is 10.4. The first-order valence-corrected chi connectivity index (χ1v) is 5.82. The largest absolute Gasteiger partial charge is 0.377 e. The van der Waals surface area contributed by atoms with Gasteiger partial charge >= 0.3 is 0 Å². The summed E-state index contributed by atoms with van der Waals surface area (Å²) in [5, 5.41) is 0. The molecule has 1 atom stereocenters. The number of unbranched alkanes of at least 4 members (excludes halogenated alkanes) is 1. The number of nitrogens with one attached hydrogen (secondary N) is 1. The molecular weight excluding hydrogens is 188 g/mol. The normalized spacial score (nSPS) is 13.9. The number of nitrogens with two attached hydrogens (primary N) is 1. The molecule has 90 valence electrons. The van der Waals surface area contributed by atoms with Crippen molar-refractivity contribution in [2.45, 2.75) is 57.6 Å². The molecule has 0 saturated heterocycles. The van der Waals surface area contributed by atoms with Gasteiger partial charge in [0.1, 0.15) is 0 Å². The van der Waals surface area contributed by atoms with E-state index in [2.05, 4.69) is 25.9 Å². The molecule has 15 heavy (non-hydrogen) atoms. The maximum absolute atomic E-state index is 5.65. The Morgan fingerprint density at radius 2 is 2.07 bits per heavy atom. The standard InChI is InChI=1S/C12H26N2O/c1-5-8-9-10-11(14-13)12(6-2,7-3)15-4/h5,11,14H,1,6-10,13H2,2-4H3. The molecule has 0 radical (unpaired) electrons. The third kappa shape index (κ3) is 3.93. The average Bonchev–Trinajstić information content (AvgIpc) is 2.29. The third-order valence-corrected chi connectivity index (χ3v) is 3.34. The summed E-state index contributed by atoms with van der Waals surface area (Å²) in [7, 11) is 1.77. The van der Waals surface area contributed by atoms with Gasteiger partial charge in [-0.25, -0.2) is 0 Å². The van der Waals surface area contributed by atoms with Crippen molar-refractivity contribution in [3.05, 3.63) is 12.7 Å². The summed E-state index contributed by atoms with van der Waals surface area (Å²) >= 11 is 0. The molecule has 0 saturated carbocycles. The highest BCUT2D eigenvalue weighted by atomic mass is 16.5. The third-order valence-electron chi connectivity index (χ3n) is 3.34. The van der Waals surface area contributed by atoms with Gasteiger partial charge in [0.05, 0.1) is 11.6 Å². The molecule has 0 aromatic carbocycles. The number of ether oxygens (including phenoxy) is 1. The van der Waals surface area contributed by atoms with Gasteiger partial charge in [-0.2, -0.15) is 0 Å². The van der Waals surface area contributed by atoms with Crippen molar-refractivity contribution in [2.24, 2.45) is 5.84 Å². The van der Waals surface area contributed by atoms with E-state index in [0.717, 1.165) is 32.1 Å². The lowest BCUT2D eigenvalue weighted by Crippen LogP contribution is -2.53. The number of hydrogen-bond donors (Lipinski definition) is 2. The van der Waals surface area contributed by atoms with E-state index in [1.54, 1.807) is 7.11 Å². The van der Waals surface area contributed by atoms with Crippen LogP contribution in [-0.4, -0.2) is 18.8 Å². The summed E-state index contributed by atoms with van der Waals surface area (Å²) in [6.45, 7) is 8.01. The highest BCUT2D eigenvalue weighted by Crippen LogP contribution is 2.26. The Hall–Kier alpha value is -0.380. The van der Waals surface area contributed by atoms with E-state index >= 15 is 0 Å². The van der Waals surface area contributed by atoms with E-state index in [4.69, 9.17) is 10.6 Å². The maximum Gasteiger partial charge on any atom is 0.0839 e. The van der Waals surface area contributed by atoms with Crippen LogP contribution in [0.25, 0.3) is 0 Å². The summed E-state index contributed by atoms with van der Waals surface area (Å²) < 4.78 is 5.65. The highest BCUT2D eigenvalue weighted by molar-refractivity contribution is 4.90. The smallest absolute Gasteiger partial charge is 0.0839 e. The Morgan fingerprint density at radius 1 is 1.47 bits per heavy atom. The van der Waals surface area contributed by atoms with Crippen LogP contribution in [0.3, 0.4) is 0 Å². The molecule has 0 bridgehead atoms. The first-order valence-electron chi connectivity index (χ1n) is 5.82. The van der Waals surface area contributed by atoms with Crippen LogP contribution in [0.5, 0.6) is 0 Å². The molecule has 0 heterocycles. The molecule has 0 rings (SSSR count). The van der Waals surface area contributed by atoms with Gasteiger partial charge in [0, 0.05) is 7.11 Å². The Balaban J connectivity index is 4.37. The fourth-order valence-electron chi connectivity index (χ4n) is 2.14. The van der Waals surface area contributed by atoms with E-state index in [0.29, 0.717) is 0 Å². The van der Waals surface area contributed by atoms with Crippen LogP contribution in [0.2, 0.25) is 0 Å². The van der Waals surface area contributed by atoms with Gasteiger partial charge in [-0.1, -0.05) is 19.9 Å². The van der Waals surface area contributed by atoms with Crippen molar-refractivity contribution >= 4 is 0 Å². The fraction of sp³-hybridized carbons (Fsp3) is 0.833. The van der Waals surface area contributed by atoms with Gasteiger partial charge in [-0.3, -0.25) is 11.3 Å². The topological polar surface area (TPSA) is 47.3 Å². The molecule has 3 heteroatoms. The van der Waals surface area contributed by atoms with Crippen LogP contribution in [0, 0.1) is 0 Å². The van der Waals surface area contributed by atoms with E-state index in [1.807, 2.05) is 6.08 Å². The van der Waals surface area contributed by atoms with E-state index in [9.17, 15) is 0 Å². The minimum atomic E-state index is -0.129. The summed E-state index contributed by atoms with van der Waals surface area (Å²) in [5.41, 5.74) is 2.77. The van der Waals surface area contributed by atoms with E-state index < -0.39 is 0 Å². The predicted octanol–water partition coefficient (Wildman–Crippen LogP) is 2.38. The zero-order valence-electron chi connectivity index (χ0n) is 10.4. The molecule has 0 aromatic heterocycles. The molecule has 0 aliphatic rings. The first kappa shape index (κ1) is 14.6. The van der Waals surface area contributed by atoms with Crippen molar-refractivity contribution in [1.82, 2.24) is 5.43 Å². The van der Waals surface area contributed by atoms with Crippen molar-refractivity contribution in [1.29, 1.82) is 0 Å². The SMILES string of the molecule is C=CCCCC(NN)C(CC)(CC)OC. The van der Waals surface area contributed by atoms with Crippen LogP contribution < -0.4 is 11.3 Å². The van der Waals surface area contributed by atoms with Gasteiger partial charge in [-0.05, 0) is 32.1 Å². The van der Waals surface area contributed by atoms with Gasteiger partial charge in [0.2, 0.25) is 0 Å². The van der Waals surface area contributed by atoms with Crippen LogP contribution in [-0.2, 0) is 4.74 Å². The van der Waals surface area contributed by atoms with Gasteiger partial charge in [0.25, 0.3) is 0 Å². The molecule has 0 aliphatic heterocycles. The quantitative estimate of drug-likeness (QED) is 0.268. The second kappa shape index (κ2) is 7.85.